The van der Waals surface area contributed by atoms with Gasteiger partial charge in [-0.05, 0) is 25.8 Å². The molecule has 2 heteroatoms. The first-order chi connectivity index (χ1) is 7.84. The van der Waals surface area contributed by atoms with Crippen molar-refractivity contribution in [3.05, 3.63) is 0 Å². The summed E-state index contributed by atoms with van der Waals surface area (Å²) in [7, 11) is 0. The van der Waals surface area contributed by atoms with Gasteiger partial charge in [-0.1, -0.05) is 51.9 Å². The zero-order valence-corrected chi connectivity index (χ0v) is 10.9. The fourth-order valence-corrected chi connectivity index (χ4v) is 2.54. The minimum absolute atomic E-state index is 0.0890. The van der Waals surface area contributed by atoms with Gasteiger partial charge in [0.05, 0.1) is 6.10 Å². The summed E-state index contributed by atoms with van der Waals surface area (Å²) in [5, 5.41) is 13.3. The molecule has 0 unspecified atom stereocenters. The summed E-state index contributed by atoms with van der Waals surface area (Å²) < 4.78 is 0. The third-order valence-corrected chi connectivity index (χ3v) is 3.67. The number of unbranched alkanes of at least 4 members (excludes halogenated alkanes) is 5. The van der Waals surface area contributed by atoms with Gasteiger partial charge in [0.2, 0.25) is 0 Å². The molecule has 0 aliphatic heterocycles. The van der Waals surface area contributed by atoms with Gasteiger partial charge in [-0.2, -0.15) is 0 Å². The largest absolute Gasteiger partial charge is 0.392 e. The maximum atomic E-state index is 9.78. The van der Waals surface area contributed by atoms with E-state index < -0.39 is 0 Å². The number of rotatable bonds is 8. The minimum Gasteiger partial charge on any atom is -0.392 e. The Kier molecular flexibility index (Phi) is 7.87. The summed E-state index contributed by atoms with van der Waals surface area (Å²) in [5.74, 6) is 0. The molecule has 1 fully saturated rings. The van der Waals surface area contributed by atoms with Gasteiger partial charge in [0.25, 0.3) is 0 Å². The second-order valence-corrected chi connectivity index (χ2v) is 5.18. The highest BCUT2D eigenvalue weighted by atomic mass is 16.3. The lowest BCUT2D eigenvalue weighted by Gasteiger charge is -2.28. The molecule has 0 amide bonds. The summed E-state index contributed by atoms with van der Waals surface area (Å²) in [6.45, 7) is 3.35. The van der Waals surface area contributed by atoms with Crippen molar-refractivity contribution in [3.8, 4) is 0 Å². The van der Waals surface area contributed by atoms with E-state index in [1.807, 2.05) is 0 Å². The summed E-state index contributed by atoms with van der Waals surface area (Å²) >= 11 is 0. The molecule has 1 saturated carbocycles. The molecule has 0 saturated heterocycles. The van der Waals surface area contributed by atoms with E-state index in [9.17, 15) is 5.11 Å². The molecule has 1 rings (SSSR count). The zero-order chi connectivity index (χ0) is 11.6. The molecular weight excluding hydrogens is 198 g/mol. The van der Waals surface area contributed by atoms with Crippen molar-refractivity contribution in [2.75, 3.05) is 6.54 Å². The van der Waals surface area contributed by atoms with Crippen LogP contribution in [-0.4, -0.2) is 23.8 Å². The molecule has 2 nitrogen and oxygen atoms in total. The van der Waals surface area contributed by atoms with Crippen molar-refractivity contribution in [1.82, 2.24) is 5.32 Å². The highest BCUT2D eigenvalue weighted by molar-refractivity contribution is 4.79. The van der Waals surface area contributed by atoms with E-state index in [1.165, 1.54) is 51.4 Å². The highest BCUT2D eigenvalue weighted by Gasteiger charge is 2.21. The standard InChI is InChI=1S/C14H29NO/c1-2-3-4-5-6-9-12-15-13-10-7-8-11-14(13)16/h13-16H,2-12H2,1H3/t13-,14-/m0/s1. The fourth-order valence-electron chi connectivity index (χ4n) is 2.54. The third kappa shape index (κ3) is 5.86. The van der Waals surface area contributed by atoms with E-state index in [0.717, 1.165) is 19.4 Å². The molecule has 0 radical (unpaired) electrons. The predicted octanol–water partition coefficient (Wildman–Crippen LogP) is 3.24. The highest BCUT2D eigenvalue weighted by Crippen LogP contribution is 2.18. The lowest BCUT2D eigenvalue weighted by molar-refractivity contribution is 0.0909. The Morgan fingerprint density at radius 1 is 1.00 bits per heavy atom. The van der Waals surface area contributed by atoms with Crippen LogP contribution in [0.5, 0.6) is 0 Å². The van der Waals surface area contributed by atoms with Crippen molar-refractivity contribution < 1.29 is 5.11 Å². The first kappa shape index (κ1) is 14.0. The van der Waals surface area contributed by atoms with Gasteiger partial charge in [-0.15, -0.1) is 0 Å². The van der Waals surface area contributed by atoms with E-state index in [1.54, 1.807) is 0 Å². The van der Waals surface area contributed by atoms with Crippen molar-refractivity contribution in [2.24, 2.45) is 0 Å². The molecular formula is C14H29NO. The van der Waals surface area contributed by atoms with E-state index in [4.69, 9.17) is 0 Å². The Bertz CT molecular complexity index is 161. The van der Waals surface area contributed by atoms with Gasteiger partial charge in [-0.25, -0.2) is 0 Å². The van der Waals surface area contributed by atoms with Crippen LogP contribution in [0.15, 0.2) is 0 Å². The molecule has 16 heavy (non-hydrogen) atoms. The van der Waals surface area contributed by atoms with E-state index in [-0.39, 0.29) is 6.10 Å². The monoisotopic (exact) mass is 227 g/mol. The molecule has 96 valence electrons. The summed E-state index contributed by atoms with van der Waals surface area (Å²) in [4.78, 5) is 0. The minimum atomic E-state index is -0.0890. The van der Waals surface area contributed by atoms with Gasteiger partial charge in [-0.3, -0.25) is 0 Å². The average Bonchev–Trinajstić information content (AvgIpc) is 2.30. The Morgan fingerprint density at radius 3 is 2.44 bits per heavy atom. The topological polar surface area (TPSA) is 32.3 Å². The van der Waals surface area contributed by atoms with Crippen LogP contribution < -0.4 is 5.32 Å². The van der Waals surface area contributed by atoms with E-state index >= 15 is 0 Å². The Morgan fingerprint density at radius 2 is 1.69 bits per heavy atom. The number of hydrogen-bond acceptors (Lipinski definition) is 2. The summed E-state index contributed by atoms with van der Waals surface area (Å²) in [5.41, 5.74) is 0. The molecule has 1 aliphatic rings. The van der Waals surface area contributed by atoms with Crippen LogP contribution in [0.4, 0.5) is 0 Å². The Labute approximate surface area is 101 Å². The van der Waals surface area contributed by atoms with Crippen molar-refractivity contribution in [2.45, 2.75) is 83.3 Å². The zero-order valence-electron chi connectivity index (χ0n) is 10.9. The number of hydrogen-bond donors (Lipinski definition) is 2. The Balaban J connectivity index is 1.90. The average molecular weight is 227 g/mol. The second kappa shape index (κ2) is 9.00. The third-order valence-electron chi connectivity index (χ3n) is 3.67. The van der Waals surface area contributed by atoms with Crippen molar-refractivity contribution in [3.63, 3.8) is 0 Å². The number of nitrogens with one attached hydrogen (secondary N) is 1. The lowest BCUT2D eigenvalue weighted by atomic mass is 9.92. The quantitative estimate of drug-likeness (QED) is 0.624. The SMILES string of the molecule is CCCCCCCCN[C@H]1CCCC[C@@H]1O. The van der Waals surface area contributed by atoms with Gasteiger partial charge in [0.1, 0.15) is 0 Å². The molecule has 0 aromatic heterocycles. The van der Waals surface area contributed by atoms with Crippen molar-refractivity contribution in [1.29, 1.82) is 0 Å². The van der Waals surface area contributed by atoms with E-state index in [0.29, 0.717) is 6.04 Å². The van der Waals surface area contributed by atoms with Crippen LogP contribution in [-0.2, 0) is 0 Å². The van der Waals surface area contributed by atoms with E-state index in [2.05, 4.69) is 12.2 Å². The predicted molar refractivity (Wildman–Crippen MR) is 69.6 cm³/mol. The lowest BCUT2D eigenvalue weighted by Crippen LogP contribution is -2.42. The molecule has 2 N–H and O–H groups in total. The van der Waals surface area contributed by atoms with Crippen LogP contribution >= 0.6 is 0 Å². The first-order valence-corrected chi connectivity index (χ1v) is 7.26. The molecule has 1 aliphatic carbocycles. The van der Waals surface area contributed by atoms with Crippen LogP contribution in [0.1, 0.15) is 71.1 Å². The van der Waals surface area contributed by atoms with Crippen LogP contribution in [0, 0.1) is 0 Å². The summed E-state index contributed by atoms with van der Waals surface area (Å²) in [6.07, 6.45) is 12.6. The maximum absolute atomic E-state index is 9.78. The smallest absolute Gasteiger partial charge is 0.0693 e. The van der Waals surface area contributed by atoms with Gasteiger partial charge in [0.15, 0.2) is 0 Å². The molecule has 0 aromatic carbocycles. The van der Waals surface area contributed by atoms with Crippen LogP contribution in [0.3, 0.4) is 0 Å². The molecule has 0 heterocycles. The normalized spacial score (nSPS) is 25.9. The van der Waals surface area contributed by atoms with Gasteiger partial charge < -0.3 is 10.4 Å². The first-order valence-electron chi connectivity index (χ1n) is 7.26. The summed E-state index contributed by atoms with van der Waals surface area (Å²) in [6, 6.07) is 0.379. The Hall–Kier alpha value is -0.0800. The van der Waals surface area contributed by atoms with Gasteiger partial charge in [0, 0.05) is 6.04 Å². The molecule has 2 atom stereocenters. The van der Waals surface area contributed by atoms with Gasteiger partial charge >= 0.3 is 0 Å². The molecule has 0 spiro atoms. The second-order valence-electron chi connectivity index (χ2n) is 5.18. The van der Waals surface area contributed by atoms with Crippen LogP contribution in [0.2, 0.25) is 0 Å². The van der Waals surface area contributed by atoms with Crippen LogP contribution in [0.25, 0.3) is 0 Å². The number of aliphatic hydroxyl groups excluding tert-OH is 1. The molecule has 0 aromatic rings. The van der Waals surface area contributed by atoms with Crippen molar-refractivity contribution >= 4 is 0 Å². The molecule has 0 bridgehead atoms. The number of aliphatic hydroxyl groups is 1. The maximum Gasteiger partial charge on any atom is 0.0693 e. The fraction of sp³-hybridized carbons (Fsp3) is 1.00.